The molecule has 2 fully saturated rings. The molecule has 1 saturated carbocycles. The van der Waals surface area contributed by atoms with Crippen LogP contribution in [0.15, 0.2) is 0 Å². The minimum absolute atomic E-state index is 0.391. The lowest BCUT2D eigenvalue weighted by Crippen LogP contribution is -2.43. The number of ether oxygens (including phenoxy) is 1. The lowest BCUT2D eigenvalue weighted by Gasteiger charge is -2.39. The summed E-state index contributed by atoms with van der Waals surface area (Å²) < 4.78 is 5.26. The number of carbonyl (C=O) groups is 1. The van der Waals surface area contributed by atoms with Crippen molar-refractivity contribution < 1.29 is 14.6 Å². The summed E-state index contributed by atoms with van der Waals surface area (Å²) in [6.45, 7) is 4.40. The second-order valence-electron chi connectivity index (χ2n) is 4.64. The largest absolute Gasteiger partial charge is 0.481 e. The van der Waals surface area contributed by atoms with Crippen molar-refractivity contribution in [2.24, 2.45) is 5.41 Å². The molecule has 4 heteroatoms. The van der Waals surface area contributed by atoms with E-state index in [2.05, 4.69) is 4.90 Å². The number of rotatable bonds is 4. The van der Waals surface area contributed by atoms with Gasteiger partial charge in [-0.1, -0.05) is 6.42 Å². The van der Waals surface area contributed by atoms with Crippen LogP contribution in [0, 0.1) is 5.41 Å². The third-order valence-corrected chi connectivity index (χ3v) is 3.77. The zero-order valence-corrected chi connectivity index (χ0v) is 9.07. The number of hydrogen-bond donors (Lipinski definition) is 1. The van der Waals surface area contributed by atoms with Gasteiger partial charge in [0.15, 0.2) is 0 Å². The van der Waals surface area contributed by atoms with Gasteiger partial charge in [-0.15, -0.1) is 0 Å². The molecular weight excluding hydrogens is 194 g/mol. The Morgan fingerprint density at radius 3 is 2.47 bits per heavy atom. The molecule has 15 heavy (non-hydrogen) atoms. The van der Waals surface area contributed by atoms with E-state index in [1.54, 1.807) is 0 Å². The van der Waals surface area contributed by atoms with E-state index in [4.69, 9.17) is 4.74 Å². The van der Waals surface area contributed by atoms with Gasteiger partial charge in [0, 0.05) is 13.1 Å². The summed E-state index contributed by atoms with van der Waals surface area (Å²) in [5.41, 5.74) is -0.391. The van der Waals surface area contributed by atoms with E-state index in [0.29, 0.717) is 0 Å². The van der Waals surface area contributed by atoms with Gasteiger partial charge in [0.1, 0.15) is 0 Å². The molecule has 4 nitrogen and oxygen atoms in total. The molecule has 2 aliphatic rings. The molecule has 1 aliphatic heterocycles. The van der Waals surface area contributed by atoms with Crippen LogP contribution >= 0.6 is 0 Å². The predicted molar refractivity (Wildman–Crippen MR) is 55.8 cm³/mol. The van der Waals surface area contributed by atoms with E-state index in [-0.39, 0.29) is 0 Å². The first-order valence-electron chi connectivity index (χ1n) is 5.76. The van der Waals surface area contributed by atoms with E-state index in [9.17, 15) is 9.90 Å². The minimum Gasteiger partial charge on any atom is -0.481 e. The smallest absolute Gasteiger partial charge is 0.309 e. The van der Waals surface area contributed by atoms with Crippen molar-refractivity contribution in [1.82, 2.24) is 4.90 Å². The van der Waals surface area contributed by atoms with Crippen LogP contribution in [0.1, 0.15) is 25.7 Å². The standard InChI is InChI=1S/C11H19NO3/c13-10(14)11(2-1-3-11)4-5-12-6-8-15-9-7-12/h1-9H2,(H,13,14). The number of hydrogen-bond acceptors (Lipinski definition) is 3. The zero-order chi connectivity index (χ0) is 10.7. The Labute approximate surface area is 90.2 Å². The summed E-state index contributed by atoms with van der Waals surface area (Å²) >= 11 is 0. The summed E-state index contributed by atoms with van der Waals surface area (Å²) in [6, 6.07) is 0. The van der Waals surface area contributed by atoms with Crippen LogP contribution in [0.2, 0.25) is 0 Å². The van der Waals surface area contributed by atoms with Crippen LogP contribution in [0.5, 0.6) is 0 Å². The summed E-state index contributed by atoms with van der Waals surface area (Å²) in [7, 11) is 0. The molecule has 1 aliphatic carbocycles. The van der Waals surface area contributed by atoms with Gasteiger partial charge in [0.25, 0.3) is 0 Å². The van der Waals surface area contributed by atoms with E-state index in [1.807, 2.05) is 0 Å². The molecule has 0 bridgehead atoms. The molecule has 0 amide bonds. The first kappa shape index (κ1) is 10.9. The highest BCUT2D eigenvalue weighted by Gasteiger charge is 2.43. The normalized spacial score (nSPS) is 25.9. The summed E-state index contributed by atoms with van der Waals surface area (Å²) in [6.07, 6.45) is 3.62. The van der Waals surface area contributed by atoms with Crippen molar-refractivity contribution in [2.75, 3.05) is 32.8 Å². The number of carboxylic acid groups (broad SMARTS) is 1. The van der Waals surface area contributed by atoms with Crippen molar-refractivity contribution >= 4 is 5.97 Å². The Bertz CT molecular complexity index is 232. The van der Waals surface area contributed by atoms with Crippen LogP contribution in [0.4, 0.5) is 0 Å². The van der Waals surface area contributed by atoms with Crippen molar-refractivity contribution in [1.29, 1.82) is 0 Å². The fourth-order valence-corrected chi connectivity index (χ4v) is 2.37. The van der Waals surface area contributed by atoms with Gasteiger partial charge in [-0.2, -0.15) is 0 Å². The van der Waals surface area contributed by atoms with Crippen LogP contribution in [0.25, 0.3) is 0 Å². The number of aliphatic carboxylic acids is 1. The maximum atomic E-state index is 11.1. The van der Waals surface area contributed by atoms with E-state index in [1.165, 1.54) is 0 Å². The van der Waals surface area contributed by atoms with Gasteiger partial charge in [0.2, 0.25) is 0 Å². The molecule has 1 saturated heterocycles. The topological polar surface area (TPSA) is 49.8 Å². The number of nitrogens with zero attached hydrogens (tertiary/aromatic N) is 1. The fourth-order valence-electron chi connectivity index (χ4n) is 2.37. The average Bonchev–Trinajstić information content (AvgIpc) is 2.17. The monoisotopic (exact) mass is 213 g/mol. The third-order valence-electron chi connectivity index (χ3n) is 3.77. The molecular formula is C11H19NO3. The molecule has 1 heterocycles. The lowest BCUT2D eigenvalue weighted by molar-refractivity contribution is -0.155. The predicted octanol–water partition coefficient (Wildman–Crippen LogP) is 0.964. The van der Waals surface area contributed by atoms with Crippen molar-refractivity contribution in [3.8, 4) is 0 Å². The Kier molecular flexibility index (Phi) is 3.26. The Hall–Kier alpha value is -0.610. The number of morpholine rings is 1. The van der Waals surface area contributed by atoms with Crippen LogP contribution in [-0.2, 0) is 9.53 Å². The SMILES string of the molecule is O=C(O)C1(CCN2CCOCC2)CCC1. The fraction of sp³-hybridized carbons (Fsp3) is 0.909. The third kappa shape index (κ3) is 2.32. The maximum Gasteiger partial charge on any atom is 0.309 e. The van der Waals surface area contributed by atoms with Crippen molar-refractivity contribution in [3.05, 3.63) is 0 Å². The van der Waals surface area contributed by atoms with E-state index < -0.39 is 11.4 Å². The Morgan fingerprint density at radius 2 is 2.00 bits per heavy atom. The molecule has 1 N–H and O–H groups in total. The molecule has 0 spiro atoms. The minimum atomic E-state index is -0.595. The second kappa shape index (κ2) is 4.49. The van der Waals surface area contributed by atoms with Crippen LogP contribution < -0.4 is 0 Å². The molecule has 0 radical (unpaired) electrons. The quantitative estimate of drug-likeness (QED) is 0.755. The van der Waals surface area contributed by atoms with Gasteiger partial charge in [-0.05, 0) is 25.8 Å². The first-order valence-corrected chi connectivity index (χ1v) is 5.76. The molecule has 86 valence electrons. The average molecular weight is 213 g/mol. The van der Waals surface area contributed by atoms with Gasteiger partial charge in [0.05, 0.1) is 18.6 Å². The molecule has 2 rings (SSSR count). The lowest BCUT2D eigenvalue weighted by atomic mass is 9.66. The van der Waals surface area contributed by atoms with Crippen molar-refractivity contribution in [3.63, 3.8) is 0 Å². The second-order valence-corrected chi connectivity index (χ2v) is 4.64. The van der Waals surface area contributed by atoms with E-state index in [0.717, 1.165) is 58.5 Å². The van der Waals surface area contributed by atoms with Gasteiger partial charge >= 0.3 is 5.97 Å². The Morgan fingerprint density at radius 1 is 1.33 bits per heavy atom. The van der Waals surface area contributed by atoms with E-state index >= 15 is 0 Å². The van der Waals surface area contributed by atoms with Crippen LogP contribution in [-0.4, -0.2) is 48.8 Å². The van der Waals surface area contributed by atoms with Gasteiger partial charge in [-0.25, -0.2) is 0 Å². The van der Waals surface area contributed by atoms with Gasteiger partial charge in [-0.3, -0.25) is 9.69 Å². The highest BCUT2D eigenvalue weighted by molar-refractivity contribution is 5.75. The number of carboxylic acids is 1. The van der Waals surface area contributed by atoms with Gasteiger partial charge < -0.3 is 9.84 Å². The summed E-state index contributed by atoms with van der Waals surface area (Å²) in [4.78, 5) is 13.4. The maximum absolute atomic E-state index is 11.1. The van der Waals surface area contributed by atoms with Crippen molar-refractivity contribution in [2.45, 2.75) is 25.7 Å². The highest BCUT2D eigenvalue weighted by atomic mass is 16.5. The molecule has 0 unspecified atom stereocenters. The molecule has 0 aromatic carbocycles. The summed E-state index contributed by atoms with van der Waals surface area (Å²) in [5.74, 6) is -0.595. The first-order chi connectivity index (χ1) is 7.23. The highest BCUT2D eigenvalue weighted by Crippen LogP contribution is 2.44. The van der Waals surface area contributed by atoms with Crippen LogP contribution in [0.3, 0.4) is 0 Å². The molecule has 0 aromatic rings. The summed E-state index contributed by atoms with van der Waals surface area (Å²) in [5, 5.41) is 9.17. The Balaban J connectivity index is 1.78. The zero-order valence-electron chi connectivity index (χ0n) is 9.07. The molecule has 0 atom stereocenters. The molecule has 0 aromatic heterocycles.